The van der Waals surface area contributed by atoms with Crippen LogP contribution in [0.15, 0.2) is 92.9 Å². The summed E-state index contributed by atoms with van der Waals surface area (Å²) in [5.41, 5.74) is 2.44. The predicted octanol–water partition coefficient (Wildman–Crippen LogP) is 4.73. The van der Waals surface area contributed by atoms with Gasteiger partial charge in [-0.2, -0.15) is 10.1 Å². The molecule has 6 rings (SSSR count). The Bertz CT molecular complexity index is 2030. The number of para-hydroxylation sites is 1. The van der Waals surface area contributed by atoms with Gasteiger partial charge >= 0.3 is 5.97 Å². The van der Waals surface area contributed by atoms with E-state index in [4.69, 9.17) is 14.5 Å². The monoisotopic (exact) mass is 608 g/mol. The molecule has 2 aliphatic heterocycles. The van der Waals surface area contributed by atoms with Crippen molar-refractivity contribution in [3.8, 4) is 5.75 Å². The van der Waals surface area contributed by atoms with Crippen molar-refractivity contribution in [1.29, 1.82) is 0 Å². The van der Waals surface area contributed by atoms with E-state index in [0.29, 0.717) is 49.7 Å². The average molecular weight is 609 g/mol. The largest absolute Gasteiger partial charge is 0.496 e. The van der Waals surface area contributed by atoms with Crippen LogP contribution in [0.5, 0.6) is 5.75 Å². The summed E-state index contributed by atoms with van der Waals surface area (Å²) in [6.07, 6.45) is 2.91. The topological polar surface area (TPSA) is 103 Å². The van der Waals surface area contributed by atoms with Gasteiger partial charge in [-0.3, -0.25) is 14.2 Å². The quantitative estimate of drug-likeness (QED) is 0.269. The van der Waals surface area contributed by atoms with Gasteiger partial charge in [-0.25, -0.2) is 9.79 Å². The summed E-state index contributed by atoms with van der Waals surface area (Å²) < 4.78 is 13.3. The average Bonchev–Trinajstić information content (AvgIpc) is 3.50. The molecule has 0 radical (unpaired) electrons. The maximum atomic E-state index is 14.4. The van der Waals surface area contributed by atoms with Crippen LogP contribution in [-0.4, -0.2) is 35.9 Å². The van der Waals surface area contributed by atoms with E-state index in [1.165, 1.54) is 16.3 Å². The van der Waals surface area contributed by atoms with Crippen LogP contribution in [0.3, 0.4) is 0 Å². The summed E-state index contributed by atoms with van der Waals surface area (Å²) >= 11 is 1.20. The Morgan fingerprint density at radius 3 is 2.50 bits per heavy atom. The van der Waals surface area contributed by atoms with Crippen molar-refractivity contribution < 1.29 is 19.1 Å². The first-order valence-corrected chi connectivity index (χ1v) is 15.4. The highest BCUT2D eigenvalue weighted by atomic mass is 32.1. The van der Waals surface area contributed by atoms with Crippen molar-refractivity contribution in [2.24, 2.45) is 16.0 Å². The second-order valence-corrected chi connectivity index (χ2v) is 11.6. The third-order valence-electron chi connectivity index (χ3n) is 7.82. The summed E-state index contributed by atoms with van der Waals surface area (Å²) in [7, 11) is 1.57. The lowest BCUT2D eigenvalue weighted by molar-refractivity contribution is -0.139. The van der Waals surface area contributed by atoms with Gasteiger partial charge < -0.3 is 9.47 Å². The van der Waals surface area contributed by atoms with Crippen LogP contribution < -0.4 is 24.6 Å². The fourth-order valence-corrected chi connectivity index (χ4v) is 6.85. The number of fused-ring (bicyclic) bond motifs is 2. The lowest BCUT2D eigenvalue weighted by Crippen LogP contribution is -2.40. The molecule has 9 nitrogen and oxygen atoms in total. The lowest BCUT2D eigenvalue weighted by Gasteiger charge is -2.28. The maximum Gasteiger partial charge on any atom is 0.338 e. The van der Waals surface area contributed by atoms with Gasteiger partial charge in [-0.15, -0.1) is 0 Å². The number of allylic oxidation sites excluding steroid dienone is 1. The Kier molecular flexibility index (Phi) is 8.01. The number of thiazole rings is 1. The van der Waals surface area contributed by atoms with E-state index in [2.05, 4.69) is 5.10 Å². The van der Waals surface area contributed by atoms with E-state index in [-0.39, 0.29) is 18.1 Å². The van der Waals surface area contributed by atoms with Crippen molar-refractivity contribution >= 4 is 51.5 Å². The third-order valence-corrected chi connectivity index (χ3v) is 8.82. The van der Waals surface area contributed by atoms with E-state index in [1.54, 1.807) is 31.6 Å². The molecule has 0 saturated heterocycles. The lowest BCUT2D eigenvalue weighted by atomic mass is 9.90. The number of aromatic nitrogens is 1. The van der Waals surface area contributed by atoms with Gasteiger partial charge in [0.05, 0.1) is 40.9 Å². The summed E-state index contributed by atoms with van der Waals surface area (Å²) in [6.45, 7) is 5.72. The molecule has 3 heterocycles. The Hall–Kier alpha value is -4.83. The predicted molar refractivity (Wildman–Crippen MR) is 172 cm³/mol. The number of anilines is 1. The number of rotatable bonds is 8. The molecule has 0 bridgehead atoms. The number of hydrogen-bond donors (Lipinski definition) is 0. The number of hydrogen-bond acceptors (Lipinski definition) is 8. The highest BCUT2D eigenvalue weighted by molar-refractivity contribution is 7.07. The molecule has 0 aliphatic carbocycles. The molecule has 10 heteroatoms. The molecule has 3 aromatic carbocycles. The van der Waals surface area contributed by atoms with Gasteiger partial charge in [0.25, 0.3) is 11.5 Å². The molecule has 44 heavy (non-hydrogen) atoms. The Labute approximate surface area is 258 Å². The van der Waals surface area contributed by atoms with E-state index in [9.17, 15) is 14.4 Å². The molecule has 2 atom stereocenters. The first kappa shape index (κ1) is 29.3. The molecule has 0 saturated carbocycles. The summed E-state index contributed by atoms with van der Waals surface area (Å²) in [4.78, 5) is 46.9. The number of hydrazone groups is 1. The zero-order valence-electron chi connectivity index (χ0n) is 24.9. The summed E-state index contributed by atoms with van der Waals surface area (Å²) in [5, 5.41) is 7.65. The van der Waals surface area contributed by atoms with Crippen molar-refractivity contribution in [3.05, 3.63) is 103 Å². The number of benzene rings is 3. The number of nitrogens with zero attached hydrogens (tertiary/aromatic N) is 4. The summed E-state index contributed by atoms with van der Waals surface area (Å²) in [6, 6.07) is 19.9. The second-order valence-electron chi connectivity index (χ2n) is 10.5. The van der Waals surface area contributed by atoms with Crippen molar-refractivity contribution in [2.75, 3.05) is 18.7 Å². The van der Waals surface area contributed by atoms with Gasteiger partial charge in [0, 0.05) is 5.56 Å². The fraction of sp³-hybridized carbons (Fsp3) is 0.265. The Morgan fingerprint density at radius 2 is 1.77 bits per heavy atom. The minimum Gasteiger partial charge on any atom is -0.496 e. The molecule has 0 spiro atoms. The van der Waals surface area contributed by atoms with Crippen LogP contribution >= 0.6 is 11.3 Å². The molecular formula is C34H32N4O5S. The van der Waals surface area contributed by atoms with E-state index in [1.807, 2.05) is 73.7 Å². The normalized spacial score (nSPS) is 18.4. The zero-order valence-corrected chi connectivity index (χ0v) is 25.8. The van der Waals surface area contributed by atoms with Gasteiger partial charge in [-0.05, 0) is 55.3 Å². The standard InChI is InChI=1S/C34H32N4O5S/c1-5-12-25-29(33(41)43-6-2)30(28-23-16-11-10-13-21(23)17-18-26(28)42-4)37-32(40)27(44-34(37)35-25)19-24-20(3)36-38(31(24)39)22-14-8-7-9-15-22/h7-11,13-19,24,30H,5-6,12H2,1-4H3/b27-19+/t24-,30-/m1/s1. The number of esters is 1. The smallest absolute Gasteiger partial charge is 0.338 e. The van der Waals surface area contributed by atoms with Crippen LogP contribution in [-0.2, 0) is 14.3 Å². The van der Waals surface area contributed by atoms with Crippen LogP contribution in [0.2, 0.25) is 0 Å². The van der Waals surface area contributed by atoms with E-state index < -0.39 is 17.9 Å². The molecular weight excluding hydrogens is 576 g/mol. The van der Waals surface area contributed by atoms with Gasteiger partial charge in [0.15, 0.2) is 4.80 Å². The van der Waals surface area contributed by atoms with Gasteiger partial charge in [0.2, 0.25) is 0 Å². The van der Waals surface area contributed by atoms with E-state index in [0.717, 1.165) is 17.2 Å². The van der Waals surface area contributed by atoms with Crippen molar-refractivity contribution in [1.82, 2.24) is 4.57 Å². The van der Waals surface area contributed by atoms with Crippen LogP contribution in [0, 0.1) is 5.92 Å². The molecule has 0 fully saturated rings. The fourth-order valence-electron chi connectivity index (χ4n) is 5.82. The number of carbonyl (C=O) groups excluding carboxylic acids is 2. The first-order valence-electron chi connectivity index (χ1n) is 14.6. The number of carbonyl (C=O) groups is 2. The van der Waals surface area contributed by atoms with E-state index >= 15 is 0 Å². The third kappa shape index (κ3) is 4.94. The minimum absolute atomic E-state index is 0.172. The van der Waals surface area contributed by atoms with Crippen LogP contribution in [0.25, 0.3) is 16.8 Å². The number of methoxy groups -OCH3 is 1. The molecule has 224 valence electrons. The highest BCUT2D eigenvalue weighted by Gasteiger charge is 2.38. The van der Waals surface area contributed by atoms with Crippen molar-refractivity contribution in [3.63, 3.8) is 0 Å². The first-order chi connectivity index (χ1) is 21.4. The molecule has 1 amide bonds. The SMILES string of the molecule is CCCC1=C(C(=O)OCC)[C@@H](c2c(OC)ccc3ccccc23)n2c(s/c(=C/[C@H]3C(=O)N(c4ccccc4)N=C3C)c2=O)=N1. The Morgan fingerprint density at radius 1 is 1.02 bits per heavy atom. The van der Waals surface area contributed by atoms with Crippen LogP contribution in [0.4, 0.5) is 5.69 Å². The van der Waals surface area contributed by atoms with Gasteiger partial charge in [0.1, 0.15) is 17.7 Å². The molecule has 0 unspecified atom stereocenters. The minimum atomic E-state index is -0.857. The zero-order chi connectivity index (χ0) is 31.0. The number of ether oxygens (including phenoxy) is 2. The van der Waals surface area contributed by atoms with Crippen LogP contribution in [0.1, 0.15) is 45.2 Å². The molecule has 1 aromatic heterocycles. The highest BCUT2D eigenvalue weighted by Crippen LogP contribution is 2.41. The number of amides is 1. The molecule has 2 aliphatic rings. The van der Waals surface area contributed by atoms with Crippen molar-refractivity contribution in [2.45, 2.75) is 39.7 Å². The summed E-state index contributed by atoms with van der Waals surface area (Å²) in [5.74, 6) is -0.955. The second kappa shape index (κ2) is 12.0. The molecule has 0 N–H and O–H groups in total. The maximum absolute atomic E-state index is 14.4. The molecule has 4 aromatic rings. The van der Waals surface area contributed by atoms with Gasteiger partial charge in [-0.1, -0.05) is 73.2 Å². The Balaban J connectivity index is 1.59.